The quantitative estimate of drug-likeness (QED) is 0.734. The first-order valence-electron chi connectivity index (χ1n) is 6.65. The molecule has 1 aromatic carbocycles. The van der Waals surface area contributed by atoms with Crippen LogP contribution in [0.5, 0.6) is 0 Å². The number of benzene rings is 1. The largest absolute Gasteiger partial charge is 0.490 e. The van der Waals surface area contributed by atoms with Crippen LogP contribution >= 0.6 is 0 Å². The van der Waals surface area contributed by atoms with E-state index < -0.39 is 12.1 Å². The molecule has 1 aromatic rings. The lowest BCUT2D eigenvalue weighted by atomic mass is 9.90. The Kier molecular flexibility index (Phi) is 6.48. The second kappa shape index (κ2) is 7.87. The Labute approximate surface area is 121 Å². The van der Waals surface area contributed by atoms with Gasteiger partial charge >= 0.3 is 12.1 Å². The van der Waals surface area contributed by atoms with Gasteiger partial charge in [0.2, 0.25) is 0 Å². The monoisotopic (exact) mass is 304 g/mol. The van der Waals surface area contributed by atoms with Crippen molar-refractivity contribution in [3.8, 4) is 0 Å². The van der Waals surface area contributed by atoms with Crippen molar-refractivity contribution in [3.05, 3.63) is 29.8 Å². The number of piperidine rings is 1. The van der Waals surface area contributed by atoms with Crippen molar-refractivity contribution in [2.24, 2.45) is 5.92 Å². The Hall–Kier alpha value is -1.76. The molecule has 0 aliphatic carbocycles. The van der Waals surface area contributed by atoms with Gasteiger partial charge in [-0.3, -0.25) is 0 Å². The third-order valence-corrected chi connectivity index (χ3v) is 3.26. The number of halogens is 3. The predicted molar refractivity (Wildman–Crippen MR) is 73.8 cm³/mol. The SMILES string of the molecule is Nc1ccccc1CC1CCNCC1.O=C(O)C(F)(F)F. The van der Waals surface area contributed by atoms with Crippen molar-refractivity contribution in [1.29, 1.82) is 0 Å². The fraction of sp³-hybridized carbons (Fsp3) is 0.500. The summed E-state index contributed by atoms with van der Waals surface area (Å²) < 4.78 is 31.7. The summed E-state index contributed by atoms with van der Waals surface area (Å²) >= 11 is 0. The molecule has 1 aliphatic heterocycles. The fourth-order valence-corrected chi connectivity index (χ4v) is 2.12. The maximum absolute atomic E-state index is 10.6. The van der Waals surface area contributed by atoms with E-state index in [1.807, 2.05) is 12.1 Å². The zero-order chi connectivity index (χ0) is 15.9. The summed E-state index contributed by atoms with van der Waals surface area (Å²) in [5, 5.41) is 10.5. The Morgan fingerprint density at radius 3 is 2.29 bits per heavy atom. The lowest BCUT2D eigenvalue weighted by Gasteiger charge is -2.23. The zero-order valence-corrected chi connectivity index (χ0v) is 11.5. The van der Waals surface area contributed by atoms with Crippen LogP contribution in [0.15, 0.2) is 24.3 Å². The molecule has 4 N–H and O–H groups in total. The van der Waals surface area contributed by atoms with Gasteiger partial charge in [0.05, 0.1) is 0 Å². The number of aliphatic carboxylic acids is 1. The van der Waals surface area contributed by atoms with E-state index in [9.17, 15) is 13.2 Å². The van der Waals surface area contributed by atoms with Gasteiger partial charge in [0.25, 0.3) is 0 Å². The van der Waals surface area contributed by atoms with Crippen LogP contribution in [0.3, 0.4) is 0 Å². The summed E-state index contributed by atoms with van der Waals surface area (Å²) in [5.41, 5.74) is 8.19. The van der Waals surface area contributed by atoms with E-state index in [0.29, 0.717) is 0 Å². The molecule has 0 radical (unpaired) electrons. The molecule has 1 saturated heterocycles. The van der Waals surface area contributed by atoms with Crippen LogP contribution in [0.1, 0.15) is 18.4 Å². The van der Waals surface area contributed by atoms with E-state index in [4.69, 9.17) is 15.6 Å². The molecular formula is C14H19F3N2O2. The van der Waals surface area contributed by atoms with Crippen LogP contribution < -0.4 is 11.1 Å². The normalized spacial score (nSPS) is 16.0. The van der Waals surface area contributed by atoms with Crippen LogP contribution in [0.2, 0.25) is 0 Å². The predicted octanol–water partition coefficient (Wildman–Crippen LogP) is 2.44. The van der Waals surface area contributed by atoms with Gasteiger partial charge in [0.15, 0.2) is 0 Å². The maximum atomic E-state index is 10.6. The van der Waals surface area contributed by atoms with Crippen LogP contribution in [-0.4, -0.2) is 30.3 Å². The van der Waals surface area contributed by atoms with Gasteiger partial charge in [-0.1, -0.05) is 18.2 Å². The molecule has 7 heteroatoms. The van der Waals surface area contributed by atoms with Crippen LogP contribution in [0, 0.1) is 5.92 Å². The lowest BCUT2D eigenvalue weighted by Crippen LogP contribution is -2.28. The molecule has 21 heavy (non-hydrogen) atoms. The molecule has 0 atom stereocenters. The number of alkyl halides is 3. The fourth-order valence-electron chi connectivity index (χ4n) is 2.12. The third kappa shape index (κ3) is 6.48. The number of hydrogen-bond acceptors (Lipinski definition) is 3. The standard InChI is InChI=1S/C12H18N2.C2HF3O2/c13-12-4-2-1-3-11(12)9-10-5-7-14-8-6-10;3-2(4,5)1(6)7/h1-4,10,14H,5-9,13H2;(H,6,7). The van der Waals surface area contributed by atoms with Gasteiger partial charge in [-0.15, -0.1) is 0 Å². The first-order chi connectivity index (χ1) is 9.80. The van der Waals surface area contributed by atoms with E-state index in [0.717, 1.165) is 31.1 Å². The van der Waals surface area contributed by atoms with E-state index in [1.165, 1.54) is 18.4 Å². The first-order valence-corrected chi connectivity index (χ1v) is 6.65. The highest BCUT2D eigenvalue weighted by molar-refractivity contribution is 5.73. The van der Waals surface area contributed by atoms with Crippen molar-refractivity contribution in [3.63, 3.8) is 0 Å². The van der Waals surface area contributed by atoms with Crippen molar-refractivity contribution in [2.75, 3.05) is 18.8 Å². The number of hydrogen-bond donors (Lipinski definition) is 3. The van der Waals surface area contributed by atoms with Gasteiger partial charge in [-0.25, -0.2) is 4.79 Å². The Morgan fingerprint density at radius 2 is 1.81 bits per heavy atom. The number of carbonyl (C=O) groups is 1. The second-order valence-electron chi connectivity index (χ2n) is 4.90. The molecule has 4 nitrogen and oxygen atoms in total. The van der Waals surface area contributed by atoms with Crippen LogP contribution in [0.4, 0.5) is 18.9 Å². The Bertz CT molecular complexity index is 458. The van der Waals surface area contributed by atoms with Crippen LogP contribution in [0.25, 0.3) is 0 Å². The molecule has 0 amide bonds. The minimum absolute atomic E-state index is 0.820. The Balaban J connectivity index is 0.000000270. The summed E-state index contributed by atoms with van der Waals surface area (Å²) in [6, 6.07) is 8.22. The number of nitrogens with two attached hydrogens (primary N) is 1. The summed E-state index contributed by atoms with van der Waals surface area (Å²) in [5.74, 6) is -1.94. The van der Waals surface area contributed by atoms with Gasteiger partial charge in [0.1, 0.15) is 0 Å². The third-order valence-electron chi connectivity index (χ3n) is 3.26. The van der Waals surface area contributed by atoms with Crippen molar-refractivity contribution in [1.82, 2.24) is 5.32 Å². The highest BCUT2D eigenvalue weighted by Crippen LogP contribution is 2.21. The number of carboxylic acids is 1. The highest BCUT2D eigenvalue weighted by atomic mass is 19.4. The van der Waals surface area contributed by atoms with E-state index >= 15 is 0 Å². The average molecular weight is 304 g/mol. The topological polar surface area (TPSA) is 75.3 Å². The van der Waals surface area contributed by atoms with Gasteiger partial charge < -0.3 is 16.2 Å². The molecule has 0 saturated carbocycles. The van der Waals surface area contributed by atoms with E-state index in [2.05, 4.69) is 17.4 Å². The highest BCUT2D eigenvalue weighted by Gasteiger charge is 2.38. The number of rotatable bonds is 2. The van der Waals surface area contributed by atoms with E-state index in [-0.39, 0.29) is 0 Å². The van der Waals surface area contributed by atoms with Crippen molar-refractivity contribution in [2.45, 2.75) is 25.4 Å². The maximum Gasteiger partial charge on any atom is 0.490 e. The molecule has 2 rings (SSSR count). The molecule has 0 unspecified atom stereocenters. The second-order valence-corrected chi connectivity index (χ2v) is 4.90. The number of anilines is 1. The molecule has 1 aliphatic rings. The van der Waals surface area contributed by atoms with Crippen molar-refractivity contribution >= 4 is 11.7 Å². The minimum Gasteiger partial charge on any atom is -0.475 e. The summed E-state index contributed by atoms with van der Waals surface area (Å²) in [4.78, 5) is 8.90. The molecule has 0 aromatic heterocycles. The van der Waals surface area contributed by atoms with Gasteiger partial charge in [-0.2, -0.15) is 13.2 Å². The lowest BCUT2D eigenvalue weighted by molar-refractivity contribution is -0.192. The minimum atomic E-state index is -5.08. The summed E-state index contributed by atoms with van der Waals surface area (Å²) in [6.07, 6.45) is -1.36. The number of carboxylic acid groups (broad SMARTS) is 1. The average Bonchev–Trinajstić information content (AvgIpc) is 2.42. The number of nitrogens with one attached hydrogen (secondary N) is 1. The van der Waals surface area contributed by atoms with Crippen LogP contribution in [-0.2, 0) is 11.2 Å². The molecular weight excluding hydrogens is 285 g/mol. The van der Waals surface area contributed by atoms with E-state index in [1.54, 1.807) is 0 Å². The number of nitrogen functional groups attached to an aromatic ring is 1. The smallest absolute Gasteiger partial charge is 0.475 e. The Morgan fingerprint density at radius 1 is 1.29 bits per heavy atom. The zero-order valence-electron chi connectivity index (χ0n) is 11.5. The van der Waals surface area contributed by atoms with Crippen molar-refractivity contribution < 1.29 is 23.1 Å². The first kappa shape index (κ1) is 17.3. The summed E-state index contributed by atoms with van der Waals surface area (Å²) in [7, 11) is 0. The number of para-hydroxylation sites is 1. The molecule has 1 fully saturated rings. The van der Waals surface area contributed by atoms with Gasteiger partial charge in [0, 0.05) is 5.69 Å². The molecule has 118 valence electrons. The molecule has 1 heterocycles. The molecule has 0 spiro atoms. The van der Waals surface area contributed by atoms with Gasteiger partial charge in [-0.05, 0) is 49.9 Å². The molecule has 0 bridgehead atoms. The summed E-state index contributed by atoms with van der Waals surface area (Å²) in [6.45, 7) is 2.33.